The van der Waals surface area contributed by atoms with Crippen LogP contribution >= 0.6 is 0 Å². The molecular formula is C14H15NO3. The Morgan fingerprint density at radius 2 is 1.94 bits per heavy atom. The molecule has 0 amide bonds. The average molecular weight is 245 g/mol. The number of benzene rings is 1. The number of hydrogen-bond acceptors (Lipinski definition) is 4. The van der Waals surface area contributed by atoms with Gasteiger partial charge < -0.3 is 9.32 Å². The number of hydrogen-bond donors (Lipinski definition) is 0. The molecule has 4 heteroatoms. The van der Waals surface area contributed by atoms with Crippen LogP contribution in [0.15, 0.2) is 33.5 Å². The summed E-state index contributed by atoms with van der Waals surface area (Å²) in [6.45, 7) is 5.96. The van der Waals surface area contributed by atoms with Crippen LogP contribution < -0.4 is 10.5 Å². The van der Waals surface area contributed by atoms with Crippen molar-refractivity contribution in [1.29, 1.82) is 0 Å². The summed E-state index contributed by atoms with van der Waals surface area (Å²) >= 11 is 0. The highest BCUT2D eigenvalue weighted by molar-refractivity contribution is 5.86. The van der Waals surface area contributed by atoms with Crippen LogP contribution in [0.2, 0.25) is 0 Å². The Morgan fingerprint density at radius 3 is 2.56 bits per heavy atom. The standard InChI is InChI=1S/C14H15NO3/c1-3-15(4-2)12-5-6-13-10(8-12)7-11(9-16)14(17)18-13/h5-9H,3-4H2,1-2H3. The van der Waals surface area contributed by atoms with Gasteiger partial charge in [0.15, 0.2) is 6.29 Å². The second-order valence-corrected chi connectivity index (χ2v) is 4.00. The molecule has 0 spiro atoms. The number of carbonyl (C=O) groups is 1. The van der Waals surface area contributed by atoms with E-state index in [2.05, 4.69) is 18.7 Å². The molecule has 0 fully saturated rings. The normalized spacial score (nSPS) is 10.6. The summed E-state index contributed by atoms with van der Waals surface area (Å²) in [5.74, 6) is 0. The SMILES string of the molecule is CCN(CC)c1ccc2oc(=O)c(C=O)cc2c1. The Morgan fingerprint density at radius 1 is 1.22 bits per heavy atom. The minimum atomic E-state index is -0.590. The minimum absolute atomic E-state index is 0.0548. The monoisotopic (exact) mass is 245 g/mol. The zero-order chi connectivity index (χ0) is 13.1. The lowest BCUT2D eigenvalue weighted by Gasteiger charge is -2.21. The van der Waals surface area contributed by atoms with E-state index in [4.69, 9.17) is 4.42 Å². The van der Waals surface area contributed by atoms with Gasteiger partial charge in [0.1, 0.15) is 11.1 Å². The summed E-state index contributed by atoms with van der Waals surface area (Å²) in [5.41, 5.74) is 1.02. The third-order valence-electron chi connectivity index (χ3n) is 3.00. The molecule has 0 atom stereocenters. The largest absolute Gasteiger partial charge is 0.422 e. The Kier molecular flexibility index (Phi) is 3.46. The van der Waals surface area contributed by atoms with Gasteiger partial charge in [-0.2, -0.15) is 0 Å². The lowest BCUT2D eigenvalue weighted by atomic mass is 10.1. The highest BCUT2D eigenvalue weighted by atomic mass is 16.4. The molecule has 0 saturated heterocycles. The number of carbonyl (C=O) groups excluding carboxylic acids is 1. The van der Waals surface area contributed by atoms with Crippen molar-refractivity contribution in [2.75, 3.05) is 18.0 Å². The first kappa shape index (κ1) is 12.4. The fourth-order valence-corrected chi connectivity index (χ4v) is 1.99. The first-order chi connectivity index (χ1) is 8.69. The van der Waals surface area contributed by atoms with Gasteiger partial charge in [-0.1, -0.05) is 0 Å². The van der Waals surface area contributed by atoms with E-state index >= 15 is 0 Å². The van der Waals surface area contributed by atoms with Crippen molar-refractivity contribution in [1.82, 2.24) is 0 Å². The summed E-state index contributed by atoms with van der Waals surface area (Å²) in [6.07, 6.45) is 0.523. The molecule has 2 aromatic rings. The second kappa shape index (κ2) is 5.04. The maximum absolute atomic E-state index is 11.4. The minimum Gasteiger partial charge on any atom is -0.422 e. The van der Waals surface area contributed by atoms with Gasteiger partial charge in [0.25, 0.3) is 0 Å². The van der Waals surface area contributed by atoms with E-state index in [1.165, 1.54) is 0 Å². The Balaban J connectivity index is 2.60. The van der Waals surface area contributed by atoms with Gasteiger partial charge in [-0.05, 0) is 38.1 Å². The van der Waals surface area contributed by atoms with E-state index in [0.717, 1.165) is 24.2 Å². The maximum atomic E-state index is 11.4. The highest BCUT2D eigenvalue weighted by Gasteiger charge is 2.07. The van der Waals surface area contributed by atoms with Crippen LogP contribution in [-0.2, 0) is 0 Å². The van der Waals surface area contributed by atoms with E-state index in [1.807, 2.05) is 12.1 Å². The first-order valence-electron chi connectivity index (χ1n) is 5.97. The lowest BCUT2D eigenvalue weighted by molar-refractivity contribution is 0.112. The Hall–Kier alpha value is -2.10. The van der Waals surface area contributed by atoms with Crippen molar-refractivity contribution in [3.8, 4) is 0 Å². The fourth-order valence-electron chi connectivity index (χ4n) is 1.99. The third-order valence-corrected chi connectivity index (χ3v) is 3.00. The van der Waals surface area contributed by atoms with Crippen LogP contribution in [0.3, 0.4) is 0 Å². The predicted molar refractivity (Wildman–Crippen MR) is 71.4 cm³/mol. The molecule has 2 rings (SSSR count). The smallest absolute Gasteiger partial charge is 0.346 e. The van der Waals surface area contributed by atoms with Gasteiger partial charge >= 0.3 is 5.63 Å². The maximum Gasteiger partial charge on any atom is 0.346 e. The molecule has 1 heterocycles. The average Bonchev–Trinajstić information content (AvgIpc) is 2.39. The van der Waals surface area contributed by atoms with Gasteiger partial charge in [-0.25, -0.2) is 4.79 Å². The van der Waals surface area contributed by atoms with Crippen LogP contribution in [0, 0.1) is 0 Å². The van der Waals surface area contributed by atoms with Crippen molar-refractivity contribution in [2.24, 2.45) is 0 Å². The summed E-state index contributed by atoms with van der Waals surface area (Å²) in [5, 5.41) is 0.765. The van der Waals surface area contributed by atoms with Crippen LogP contribution in [-0.4, -0.2) is 19.4 Å². The van der Waals surface area contributed by atoms with Crippen molar-refractivity contribution in [3.05, 3.63) is 40.2 Å². The third kappa shape index (κ3) is 2.14. The quantitative estimate of drug-likeness (QED) is 0.613. The van der Waals surface area contributed by atoms with Gasteiger partial charge in [-0.15, -0.1) is 0 Å². The summed E-state index contributed by atoms with van der Waals surface area (Å²) in [4.78, 5) is 24.3. The highest BCUT2D eigenvalue weighted by Crippen LogP contribution is 2.21. The number of rotatable bonds is 4. The summed E-state index contributed by atoms with van der Waals surface area (Å²) in [7, 11) is 0. The molecule has 0 unspecified atom stereocenters. The molecule has 0 saturated carbocycles. The molecule has 0 aliphatic heterocycles. The van der Waals surface area contributed by atoms with Crippen LogP contribution in [0.5, 0.6) is 0 Å². The van der Waals surface area contributed by atoms with Gasteiger partial charge in [0, 0.05) is 24.2 Å². The summed E-state index contributed by atoms with van der Waals surface area (Å²) in [6, 6.07) is 7.18. The molecule has 0 N–H and O–H groups in total. The van der Waals surface area contributed by atoms with Crippen molar-refractivity contribution < 1.29 is 9.21 Å². The Bertz CT molecular complexity index is 626. The lowest BCUT2D eigenvalue weighted by Crippen LogP contribution is -2.21. The van der Waals surface area contributed by atoms with E-state index in [-0.39, 0.29) is 5.56 Å². The topological polar surface area (TPSA) is 50.5 Å². The number of anilines is 1. The van der Waals surface area contributed by atoms with Gasteiger partial charge in [0.05, 0.1) is 0 Å². The van der Waals surface area contributed by atoms with E-state index in [1.54, 1.807) is 12.1 Å². The number of fused-ring (bicyclic) bond motifs is 1. The van der Waals surface area contributed by atoms with Crippen LogP contribution in [0.4, 0.5) is 5.69 Å². The molecule has 0 aliphatic rings. The van der Waals surface area contributed by atoms with Crippen molar-refractivity contribution >= 4 is 22.9 Å². The molecule has 0 bridgehead atoms. The molecular weight excluding hydrogens is 230 g/mol. The second-order valence-electron chi connectivity index (χ2n) is 4.00. The molecule has 0 radical (unpaired) electrons. The van der Waals surface area contributed by atoms with Crippen LogP contribution in [0.25, 0.3) is 11.0 Å². The molecule has 1 aromatic carbocycles. The van der Waals surface area contributed by atoms with Crippen molar-refractivity contribution in [2.45, 2.75) is 13.8 Å². The predicted octanol–water partition coefficient (Wildman–Crippen LogP) is 2.45. The first-order valence-corrected chi connectivity index (χ1v) is 5.97. The Labute approximate surface area is 105 Å². The zero-order valence-electron chi connectivity index (χ0n) is 10.5. The summed E-state index contributed by atoms with van der Waals surface area (Å²) < 4.78 is 5.08. The van der Waals surface area contributed by atoms with Gasteiger partial charge in [-0.3, -0.25) is 4.79 Å². The number of aldehydes is 1. The van der Waals surface area contributed by atoms with Crippen molar-refractivity contribution in [3.63, 3.8) is 0 Å². The molecule has 1 aromatic heterocycles. The van der Waals surface area contributed by atoms with Crippen LogP contribution in [0.1, 0.15) is 24.2 Å². The fraction of sp³-hybridized carbons (Fsp3) is 0.286. The van der Waals surface area contributed by atoms with E-state index in [9.17, 15) is 9.59 Å². The van der Waals surface area contributed by atoms with E-state index < -0.39 is 5.63 Å². The van der Waals surface area contributed by atoms with Gasteiger partial charge in [0.2, 0.25) is 0 Å². The molecule has 94 valence electrons. The van der Waals surface area contributed by atoms with E-state index in [0.29, 0.717) is 11.9 Å². The molecule has 4 nitrogen and oxygen atoms in total. The number of nitrogens with zero attached hydrogens (tertiary/aromatic N) is 1. The molecule has 0 aliphatic carbocycles. The molecule has 18 heavy (non-hydrogen) atoms. The zero-order valence-corrected chi connectivity index (χ0v) is 10.5.